The van der Waals surface area contributed by atoms with E-state index in [4.69, 9.17) is 17.3 Å². The number of hydrogen-bond donors (Lipinski definition) is 2. The summed E-state index contributed by atoms with van der Waals surface area (Å²) in [5.41, 5.74) is 0.860. The molecule has 0 saturated heterocycles. The van der Waals surface area contributed by atoms with Crippen LogP contribution in [-0.4, -0.2) is 19.6 Å². The number of H-pyrrole nitrogens is 1. The molecule has 0 aromatic carbocycles. The van der Waals surface area contributed by atoms with Crippen LogP contribution in [0, 0.1) is 4.77 Å². The quantitative estimate of drug-likeness (QED) is 0.737. The van der Waals surface area contributed by atoms with Crippen molar-refractivity contribution in [2.24, 2.45) is 0 Å². The van der Waals surface area contributed by atoms with Crippen molar-refractivity contribution in [1.82, 2.24) is 14.5 Å². The highest BCUT2D eigenvalue weighted by Gasteiger charge is 1.97. The summed E-state index contributed by atoms with van der Waals surface area (Å²) >= 11 is 5.04. The highest BCUT2D eigenvalue weighted by Crippen LogP contribution is 2.07. The van der Waals surface area contributed by atoms with Crippen molar-refractivity contribution in [3.05, 3.63) is 41.2 Å². The average molecular weight is 207 g/mol. The van der Waals surface area contributed by atoms with Gasteiger partial charge in [0.1, 0.15) is 5.75 Å². The van der Waals surface area contributed by atoms with Gasteiger partial charge in [-0.1, -0.05) is 0 Å². The number of hydrogen-bond acceptors (Lipinski definition) is 3. The van der Waals surface area contributed by atoms with Gasteiger partial charge < -0.3 is 14.7 Å². The lowest BCUT2D eigenvalue weighted by molar-refractivity contribution is 0.472. The molecule has 14 heavy (non-hydrogen) atoms. The van der Waals surface area contributed by atoms with Gasteiger partial charge in [0.15, 0.2) is 4.77 Å². The first kappa shape index (κ1) is 8.96. The number of nitrogens with one attached hydrogen (secondary N) is 1. The summed E-state index contributed by atoms with van der Waals surface area (Å²) in [6, 6.07) is 3.38. The number of rotatable bonds is 2. The van der Waals surface area contributed by atoms with Crippen LogP contribution >= 0.6 is 12.2 Å². The molecule has 2 rings (SSSR count). The fraction of sp³-hybridized carbons (Fsp3) is 0.111. The second kappa shape index (κ2) is 3.63. The van der Waals surface area contributed by atoms with Crippen LogP contribution in [0.3, 0.4) is 0 Å². The molecule has 4 nitrogen and oxygen atoms in total. The first-order valence-corrected chi connectivity index (χ1v) is 4.54. The minimum absolute atomic E-state index is 0.173. The molecule has 0 aliphatic carbocycles. The van der Waals surface area contributed by atoms with Crippen LogP contribution < -0.4 is 0 Å². The van der Waals surface area contributed by atoms with E-state index in [1.54, 1.807) is 18.3 Å². The highest BCUT2D eigenvalue weighted by molar-refractivity contribution is 7.71. The SMILES string of the molecule is Oc1ccc(Cn2cc[nH]c2=S)nc1. The molecule has 0 aliphatic rings. The van der Waals surface area contributed by atoms with E-state index < -0.39 is 0 Å². The van der Waals surface area contributed by atoms with Crippen LogP contribution in [0.15, 0.2) is 30.7 Å². The number of nitrogens with zero attached hydrogens (tertiary/aromatic N) is 2. The van der Waals surface area contributed by atoms with Gasteiger partial charge in [-0.25, -0.2) is 0 Å². The Hall–Kier alpha value is -1.62. The minimum atomic E-state index is 0.173. The number of aromatic amines is 1. The number of pyridine rings is 1. The molecule has 2 heterocycles. The van der Waals surface area contributed by atoms with Gasteiger partial charge in [-0.15, -0.1) is 0 Å². The molecule has 0 aliphatic heterocycles. The minimum Gasteiger partial charge on any atom is -0.506 e. The number of aromatic nitrogens is 3. The topological polar surface area (TPSA) is 53.8 Å². The number of imidazole rings is 1. The van der Waals surface area contributed by atoms with Crippen molar-refractivity contribution in [2.75, 3.05) is 0 Å². The van der Waals surface area contributed by atoms with Crippen LogP contribution in [0.4, 0.5) is 0 Å². The monoisotopic (exact) mass is 207 g/mol. The molecule has 0 atom stereocenters. The summed E-state index contributed by atoms with van der Waals surface area (Å²) in [4.78, 5) is 6.96. The zero-order valence-electron chi connectivity index (χ0n) is 7.34. The lowest BCUT2D eigenvalue weighted by Crippen LogP contribution is -1.99. The van der Waals surface area contributed by atoms with E-state index >= 15 is 0 Å². The molecule has 0 radical (unpaired) electrons. The summed E-state index contributed by atoms with van der Waals surface area (Å²) in [7, 11) is 0. The van der Waals surface area contributed by atoms with Gasteiger partial charge in [-0.2, -0.15) is 0 Å². The summed E-state index contributed by atoms with van der Waals surface area (Å²) < 4.78 is 2.54. The van der Waals surface area contributed by atoms with Gasteiger partial charge in [-0.05, 0) is 24.4 Å². The molecule has 0 bridgehead atoms. The summed E-state index contributed by atoms with van der Waals surface area (Å²) in [6.45, 7) is 0.614. The van der Waals surface area contributed by atoms with Gasteiger partial charge in [0.25, 0.3) is 0 Å². The molecule has 2 N–H and O–H groups in total. The van der Waals surface area contributed by atoms with Gasteiger partial charge in [0, 0.05) is 12.4 Å². The maximum absolute atomic E-state index is 9.04. The second-order valence-electron chi connectivity index (χ2n) is 2.90. The molecule has 0 spiro atoms. The summed E-state index contributed by atoms with van der Waals surface area (Å²) in [5, 5.41) is 9.04. The zero-order valence-corrected chi connectivity index (χ0v) is 8.16. The Morgan fingerprint density at radius 1 is 1.50 bits per heavy atom. The van der Waals surface area contributed by atoms with E-state index in [1.165, 1.54) is 6.20 Å². The third-order valence-corrected chi connectivity index (χ3v) is 2.22. The molecular weight excluding hydrogens is 198 g/mol. The summed E-state index contributed by atoms with van der Waals surface area (Å²) in [6.07, 6.45) is 5.06. The lowest BCUT2D eigenvalue weighted by Gasteiger charge is -2.01. The molecule has 5 heteroatoms. The number of aromatic hydroxyl groups is 1. The Morgan fingerprint density at radius 3 is 2.93 bits per heavy atom. The Morgan fingerprint density at radius 2 is 2.36 bits per heavy atom. The van der Waals surface area contributed by atoms with Crippen molar-refractivity contribution in [2.45, 2.75) is 6.54 Å². The predicted octanol–water partition coefficient (Wildman–Crippen LogP) is 1.69. The van der Waals surface area contributed by atoms with Crippen molar-refractivity contribution in [3.8, 4) is 5.75 Å². The molecule has 0 fully saturated rings. The van der Waals surface area contributed by atoms with Crippen molar-refractivity contribution in [1.29, 1.82) is 0 Å². The Bertz CT molecular complexity index is 471. The maximum Gasteiger partial charge on any atom is 0.177 e. The predicted molar refractivity (Wildman–Crippen MR) is 54.6 cm³/mol. The second-order valence-corrected chi connectivity index (χ2v) is 3.29. The van der Waals surface area contributed by atoms with E-state index in [2.05, 4.69) is 9.97 Å². The molecule has 0 unspecified atom stereocenters. The molecule has 2 aromatic rings. The van der Waals surface area contributed by atoms with Gasteiger partial charge in [0.05, 0.1) is 18.4 Å². The fourth-order valence-electron chi connectivity index (χ4n) is 1.16. The maximum atomic E-state index is 9.04. The average Bonchev–Trinajstić information content (AvgIpc) is 2.56. The first-order valence-electron chi connectivity index (χ1n) is 4.13. The Balaban J connectivity index is 2.23. The largest absolute Gasteiger partial charge is 0.506 e. The lowest BCUT2D eigenvalue weighted by atomic mass is 10.3. The smallest absolute Gasteiger partial charge is 0.177 e. The fourth-order valence-corrected chi connectivity index (χ4v) is 1.35. The zero-order chi connectivity index (χ0) is 9.97. The van der Waals surface area contributed by atoms with Gasteiger partial charge in [-0.3, -0.25) is 4.98 Å². The van der Waals surface area contributed by atoms with E-state index in [9.17, 15) is 0 Å². The third kappa shape index (κ3) is 1.82. The van der Waals surface area contributed by atoms with Crippen LogP contribution in [0.2, 0.25) is 0 Å². The van der Waals surface area contributed by atoms with Gasteiger partial charge in [0.2, 0.25) is 0 Å². The van der Waals surface area contributed by atoms with Crippen LogP contribution in [-0.2, 0) is 6.54 Å². The standard InChI is InChI=1S/C9H9N3OS/c13-8-2-1-7(11-5-8)6-12-4-3-10-9(12)14/h1-5,13H,6H2,(H,10,14). The van der Waals surface area contributed by atoms with E-state index in [0.29, 0.717) is 11.3 Å². The van der Waals surface area contributed by atoms with Crippen molar-refractivity contribution in [3.63, 3.8) is 0 Å². The third-order valence-electron chi connectivity index (χ3n) is 1.86. The Labute approximate surface area is 85.9 Å². The highest BCUT2D eigenvalue weighted by atomic mass is 32.1. The molecule has 0 amide bonds. The normalized spacial score (nSPS) is 10.3. The first-order chi connectivity index (χ1) is 6.75. The van der Waals surface area contributed by atoms with Gasteiger partial charge >= 0.3 is 0 Å². The molecule has 72 valence electrons. The van der Waals surface area contributed by atoms with E-state index in [1.807, 2.05) is 10.8 Å². The van der Waals surface area contributed by atoms with Crippen molar-refractivity contribution >= 4 is 12.2 Å². The van der Waals surface area contributed by atoms with Crippen molar-refractivity contribution < 1.29 is 5.11 Å². The van der Waals surface area contributed by atoms with E-state index in [-0.39, 0.29) is 5.75 Å². The van der Waals surface area contributed by atoms with Crippen LogP contribution in [0.25, 0.3) is 0 Å². The molecule has 0 saturated carbocycles. The van der Waals surface area contributed by atoms with E-state index in [0.717, 1.165) is 5.69 Å². The molecular formula is C9H9N3OS. The van der Waals surface area contributed by atoms with Crippen LogP contribution in [0.1, 0.15) is 5.69 Å². The molecule has 2 aromatic heterocycles. The van der Waals surface area contributed by atoms with Crippen LogP contribution in [0.5, 0.6) is 5.75 Å². The summed E-state index contributed by atoms with van der Waals surface area (Å²) in [5.74, 6) is 0.173. The Kier molecular flexibility index (Phi) is 2.32.